The molecule has 0 amide bonds. The van der Waals surface area contributed by atoms with E-state index in [9.17, 15) is 9.59 Å². The summed E-state index contributed by atoms with van der Waals surface area (Å²) in [6, 6.07) is 14.0. The van der Waals surface area contributed by atoms with Crippen LogP contribution in [-0.2, 0) is 4.79 Å². The topological polar surface area (TPSA) is 72.8 Å². The molecule has 1 N–H and O–H groups in total. The van der Waals surface area contributed by atoms with Gasteiger partial charge >= 0.3 is 5.97 Å². The van der Waals surface area contributed by atoms with E-state index in [1.54, 1.807) is 30.3 Å². The van der Waals surface area contributed by atoms with E-state index in [0.717, 1.165) is 11.1 Å². The molecule has 0 aromatic heterocycles. The fraction of sp³-hybridized carbons (Fsp3) is 0.182. The van der Waals surface area contributed by atoms with E-state index >= 15 is 0 Å². The van der Waals surface area contributed by atoms with Crippen molar-refractivity contribution in [2.24, 2.45) is 0 Å². The van der Waals surface area contributed by atoms with Crippen molar-refractivity contribution in [2.75, 3.05) is 13.2 Å². The Kier molecular flexibility index (Phi) is 7.37. The van der Waals surface area contributed by atoms with Crippen molar-refractivity contribution < 1.29 is 24.2 Å². The minimum atomic E-state index is -1.10. The smallest absolute Gasteiger partial charge is 0.341 e. The van der Waals surface area contributed by atoms with Gasteiger partial charge < -0.3 is 14.6 Å². The van der Waals surface area contributed by atoms with E-state index in [1.807, 2.05) is 44.2 Å². The number of rotatable bonds is 9. The van der Waals surface area contributed by atoms with Gasteiger partial charge in [0.25, 0.3) is 0 Å². The van der Waals surface area contributed by atoms with Gasteiger partial charge in [0.2, 0.25) is 0 Å². The van der Waals surface area contributed by atoms with Crippen LogP contribution in [0.15, 0.2) is 66.3 Å². The van der Waals surface area contributed by atoms with Gasteiger partial charge in [-0.25, -0.2) is 4.79 Å². The van der Waals surface area contributed by atoms with Crippen molar-refractivity contribution in [1.29, 1.82) is 0 Å². The zero-order chi connectivity index (χ0) is 19.6. The Morgan fingerprint density at radius 1 is 0.963 bits per heavy atom. The zero-order valence-electron chi connectivity index (χ0n) is 15.3. The zero-order valence-corrected chi connectivity index (χ0v) is 15.3. The first kappa shape index (κ1) is 20.0. The van der Waals surface area contributed by atoms with Crippen LogP contribution < -0.4 is 9.47 Å². The minimum absolute atomic E-state index is 0.239. The number of benzene rings is 2. The Morgan fingerprint density at radius 3 is 2.33 bits per heavy atom. The van der Waals surface area contributed by atoms with E-state index < -0.39 is 12.6 Å². The molecule has 0 aliphatic carbocycles. The highest BCUT2D eigenvalue weighted by Gasteiger charge is 2.11. The molecule has 5 nitrogen and oxygen atoms in total. The number of carbonyl (C=O) groups is 2. The second kappa shape index (κ2) is 9.97. The molecule has 0 saturated heterocycles. The molecule has 0 aliphatic rings. The van der Waals surface area contributed by atoms with Gasteiger partial charge in [-0.2, -0.15) is 0 Å². The van der Waals surface area contributed by atoms with Crippen molar-refractivity contribution in [3.05, 3.63) is 77.4 Å². The molecule has 27 heavy (non-hydrogen) atoms. The van der Waals surface area contributed by atoms with Crippen LogP contribution in [0.4, 0.5) is 0 Å². The largest absolute Gasteiger partial charge is 0.489 e. The molecule has 0 heterocycles. The molecule has 5 heteroatoms. The molecular formula is C22H22O5. The van der Waals surface area contributed by atoms with Crippen LogP contribution in [0.1, 0.15) is 29.8 Å². The first-order valence-corrected chi connectivity index (χ1v) is 8.48. The highest BCUT2D eigenvalue weighted by molar-refractivity contribution is 6.08. The number of ketones is 1. The molecule has 0 radical (unpaired) electrons. The van der Waals surface area contributed by atoms with Crippen molar-refractivity contribution in [3.8, 4) is 11.5 Å². The quantitative estimate of drug-likeness (QED) is 0.405. The van der Waals surface area contributed by atoms with Gasteiger partial charge in [-0.1, -0.05) is 35.9 Å². The molecule has 0 spiro atoms. The number of aliphatic carboxylic acids is 1. The summed E-state index contributed by atoms with van der Waals surface area (Å²) in [5.74, 6) is -0.470. The number of allylic oxidation sites excluding steroid dienone is 2. The molecule has 0 bridgehead atoms. The molecule has 2 aromatic rings. The van der Waals surface area contributed by atoms with Gasteiger partial charge in [-0.15, -0.1) is 0 Å². The van der Waals surface area contributed by atoms with Crippen LogP contribution >= 0.6 is 0 Å². The van der Waals surface area contributed by atoms with Crippen LogP contribution in [0, 0.1) is 0 Å². The molecule has 140 valence electrons. The normalized spacial score (nSPS) is 10.4. The summed E-state index contributed by atoms with van der Waals surface area (Å²) in [5.41, 5.74) is 2.24. The summed E-state index contributed by atoms with van der Waals surface area (Å²) in [5, 5.41) is 8.75. The Hall–Kier alpha value is -3.34. The van der Waals surface area contributed by atoms with Crippen molar-refractivity contribution >= 4 is 17.8 Å². The summed E-state index contributed by atoms with van der Waals surface area (Å²) in [6.45, 7) is 3.94. The summed E-state index contributed by atoms with van der Waals surface area (Å²) in [6.07, 6.45) is 5.07. The van der Waals surface area contributed by atoms with Gasteiger partial charge in [0.1, 0.15) is 18.1 Å². The lowest BCUT2D eigenvalue weighted by Crippen LogP contribution is -2.11. The number of para-hydroxylation sites is 2. The summed E-state index contributed by atoms with van der Waals surface area (Å²) in [4.78, 5) is 23.2. The first-order chi connectivity index (χ1) is 13.0. The molecule has 2 aromatic carbocycles. The van der Waals surface area contributed by atoms with Crippen LogP contribution in [0.2, 0.25) is 0 Å². The lowest BCUT2D eigenvalue weighted by Gasteiger charge is -2.08. The lowest BCUT2D eigenvalue weighted by atomic mass is 10.1. The predicted octanol–water partition coefficient (Wildman–Crippen LogP) is 4.39. The number of carboxylic acid groups (broad SMARTS) is 1. The van der Waals surface area contributed by atoms with Crippen molar-refractivity contribution in [1.82, 2.24) is 0 Å². The van der Waals surface area contributed by atoms with Crippen LogP contribution in [0.25, 0.3) is 6.08 Å². The molecule has 0 aliphatic heterocycles. The maximum Gasteiger partial charge on any atom is 0.341 e. The van der Waals surface area contributed by atoms with Gasteiger partial charge in [0.15, 0.2) is 12.4 Å². The standard InChI is InChI=1S/C22H22O5/c1-16(2)13-14-26-20-9-5-3-7-17(20)11-12-19(23)18-8-4-6-10-21(18)27-15-22(24)25/h3-13H,14-15H2,1-2H3,(H,24,25)/b12-11+. The van der Waals surface area contributed by atoms with Gasteiger partial charge in [-0.3, -0.25) is 4.79 Å². The number of carbonyl (C=O) groups excluding carboxylic acids is 1. The SMILES string of the molecule is CC(C)=CCOc1ccccc1/C=C/C(=O)c1ccccc1OCC(=O)O. The third kappa shape index (κ3) is 6.47. The lowest BCUT2D eigenvalue weighted by molar-refractivity contribution is -0.139. The average Bonchev–Trinajstić information content (AvgIpc) is 2.65. The van der Waals surface area contributed by atoms with Gasteiger partial charge in [0, 0.05) is 5.56 Å². The van der Waals surface area contributed by atoms with Crippen LogP contribution in [0.5, 0.6) is 11.5 Å². The summed E-state index contributed by atoms with van der Waals surface area (Å²) < 4.78 is 10.9. The summed E-state index contributed by atoms with van der Waals surface area (Å²) >= 11 is 0. The maximum atomic E-state index is 12.5. The fourth-order valence-corrected chi connectivity index (χ4v) is 2.24. The van der Waals surface area contributed by atoms with E-state index in [2.05, 4.69) is 0 Å². The second-order valence-corrected chi connectivity index (χ2v) is 6.01. The van der Waals surface area contributed by atoms with E-state index in [1.165, 1.54) is 6.08 Å². The second-order valence-electron chi connectivity index (χ2n) is 6.01. The van der Waals surface area contributed by atoms with Gasteiger partial charge in [-0.05, 0) is 50.3 Å². The minimum Gasteiger partial charge on any atom is -0.489 e. The molecule has 2 rings (SSSR count). The number of carboxylic acids is 1. The van der Waals surface area contributed by atoms with Gasteiger partial charge in [0.05, 0.1) is 5.56 Å². The van der Waals surface area contributed by atoms with Crippen LogP contribution in [-0.4, -0.2) is 30.1 Å². The highest BCUT2D eigenvalue weighted by Crippen LogP contribution is 2.22. The first-order valence-electron chi connectivity index (χ1n) is 8.48. The highest BCUT2D eigenvalue weighted by atomic mass is 16.5. The molecule has 0 saturated carbocycles. The Labute approximate surface area is 158 Å². The monoisotopic (exact) mass is 366 g/mol. The van der Waals surface area contributed by atoms with Crippen LogP contribution in [0.3, 0.4) is 0 Å². The van der Waals surface area contributed by atoms with Crippen molar-refractivity contribution in [3.63, 3.8) is 0 Å². The Morgan fingerprint density at radius 2 is 1.63 bits per heavy atom. The average molecular weight is 366 g/mol. The van der Waals surface area contributed by atoms with Crippen molar-refractivity contribution in [2.45, 2.75) is 13.8 Å². The third-order valence-electron chi connectivity index (χ3n) is 3.57. The van der Waals surface area contributed by atoms with E-state index in [0.29, 0.717) is 17.9 Å². The molecule has 0 atom stereocenters. The predicted molar refractivity (Wildman–Crippen MR) is 104 cm³/mol. The third-order valence-corrected chi connectivity index (χ3v) is 3.57. The number of ether oxygens (including phenoxy) is 2. The number of hydrogen-bond donors (Lipinski definition) is 1. The Bertz CT molecular complexity index is 861. The van der Waals surface area contributed by atoms with E-state index in [-0.39, 0.29) is 11.5 Å². The number of hydrogen-bond acceptors (Lipinski definition) is 4. The molecule has 0 fully saturated rings. The maximum absolute atomic E-state index is 12.5. The summed E-state index contributed by atoms with van der Waals surface area (Å²) in [7, 11) is 0. The van der Waals surface area contributed by atoms with E-state index in [4.69, 9.17) is 14.6 Å². The molecule has 0 unspecified atom stereocenters. The fourth-order valence-electron chi connectivity index (χ4n) is 2.24. The molecular weight excluding hydrogens is 344 g/mol. The Balaban J connectivity index is 2.16.